The Morgan fingerprint density at radius 3 is 2.62 bits per heavy atom. The van der Waals surface area contributed by atoms with Gasteiger partial charge < -0.3 is 0 Å². The molecule has 1 aromatic rings. The smallest absolute Gasteiger partial charge is 0.141 e. The molecular formula is C17H26ClFN2. The molecule has 21 heavy (non-hydrogen) atoms. The van der Waals surface area contributed by atoms with E-state index in [1.165, 1.54) is 44.6 Å². The molecule has 1 unspecified atom stereocenters. The van der Waals surface area contributed by atoms with Crippen molar-refractivity contribution in [3.05, 3.63) is 34.6 Å². The Kier molecular flexibility index (Phi) is 6.46. The van der Waals surface area contributed by atoms with Crippen molar-refractivity contribution in [1.82, 2.24) is 5.43 Å². The predicted molar refractivity (Wildman–Crippen MR) is 86.6 cm³/mol. The summed E-state index contributed by atoms with van der Waals surface area (Å²) in [6.45, 7) is 2.26. The SMILES string of the molecule is CCCC1CCC(C(Cc2ccc(F)c(Cl)c2)NN)CC1. The van der Waals surface area contributed by atoms with E-state index in [2.05, 4.69) is 12.3 Å². The molecule has 2 rings (SSSR count). The lowest BCUT2D eigenvalue weighted by atomic mass is 9.76. The molecule has 3 N–H and O–H groups in total. The van der Waals surface area contributed by atoms with Crippen LogP contribution in [0.25, 0.3) is 0 Å². The van der Waals surface area contributed by atoms with Crippen LogP contribution in [0.1, 0.15) is 51.0 Å². The van der Waals surface area contributed by atoms with Gasteiger partial charge in [0.25, 0.3) is 0 Å². The van der Waals surface area contributed by atoms with E-state index in [1.807, 2.05) is 0 Å². The number of rotatable bonds is 6. The first-order valence-electron chi connectivity index (χ1n) is 8.04. The first-order chi connectivity index (χ1) is 10.1. The van der Waals surface area contributed by atoms with Crippen molar-refractivity contribution < 1.29 is 4.39 Å². The number of hydrogen-bond donors (Lipinski definition) is 2. The van der Waals surface area contributed by atoms with Gasteiger partial charge in [0.05, 0.1) is 5.02 Å². The van der Waals surface area contributed by atoms with Gasteiger partial charge in [0.2, 0.25) is 0 Å². The van der Waals surface area contributed by atoms with Crippen LogP contribution in [0.2, 0.25) is 5.02 Å². The summed E-state index contributed by atoms with van der Waals surface area (Å²) in [4.78, 5) is 0. The Balaban J connectivity index is 1.92. The molecule has 0 heterocycles. The fourth-order valence-corrected chi connectivity index (χ4v) is 3.77. The second-order valence-corrected chi connectivity index (χ2v) is 6.70. The molecule has 1 aliphatic carbocycles. The molecule has 2 nitrogen and oxygen atoms in total. The van der Waals surface area contributed by atoms with Crippen LogP contribution in [0, 0.1) is 17.7 Å². The van der Waals surface area contributed by atoms with E-state index in [0.29, 0.717) is 5.92 Å². The summed E-state index contributed by atoms with van der Waals surface area (Å²) in [5.74, 6) is 6.89. The van der Waals surface area contributed by atoms with Crippen molar-refractivity contribution in [2.24, 2.45) is 17.7 Å². The molecule has 118 valence electrons. The van der Waals surface area contributed by atoms with Crippen molar-refractivity contribution >= 4 is 11.6 Å². The molecule has 1 atom stereocenters. The Morgan fingerprint density at radius 1 is 1.33 bits per heavy atom. The molecular weight excluding hydrogens is 287 g/mol. The van der Waals surface area contributed by atoms with Gasteiger partial charge in [-0.2, -0.15) is 0 Å². The number of halogens is 2. The maximum absolute atomic E-state index is 13.2. The third-order valence-electron chi connectivity index (χ3n) is 4.81. The van der Waals surface area contributed by atoms with Crippen LogP contribution >= 0.6 is 11.6 Å². The lowest BCUT2D eigenvalue weighted by Gasteiger charge is -2.33. The van der Waals surface area contributed by atoms with E-state index in [4.69, 9.17) is 17.4 Å². The minimum absolute atomic E-state index is 0.190. The van der Waals surface area contributed by atoms with Gasteiger partial charge in [-0.1, -0.05) is 50.3 Å². The molecule has 1 aromatic carbocycles. The molecule has 0 aromatic heterocycles. The fraction of sp³-hybridized carbons (Fsp3) is 0.647. The topological polar surface area (TPSA) is 38.0 Å². The normalized spacial score (nSPS) is 24.0. The molecule has 0 bridgehead atoms. The van der Waals surface area contributed by atoms with Crippen molar-refractivity contribution in [2.45, 2.75) is 57.9 Å². The first-order valence-corrected chi connectivity index (χ1v) is 8.41. The zero-order chi connectivity index (χ0) is 15.2. The maximum atomic E-state index is 13.2. The van der Waals surface area contributed by atoms with E-state index >= 15 is 0 Å². The molecule has 1 fully saturated rings. The van der Waals surface area contributed by atoms with E-state index in [-0.39, 0.29) is 16.9 Å². The number of benzene rings is 1. The molecule has 1 saturated carbocycles. The fourth-order valence-electron chi connectivity index (χ4n) is 3.57. The van der Waals surface area contributed by atoms with Gasteiger partial charge in [-0.05, 0) is 48.8 Å². The largest absolute Gasteiger partial charge is 0.271 e. The molecule has 0 aliphatic heterocycles. The first kappa shape index (κ1) is 16.7. The number of nitrogens with one attached hydrogen (secondary N) is 1. The van der Waals surface area contributed by atoms with Crippen LogP contribution in [0.3, 0.4) is 0 Å². The monoisotopic (exact) mass is 312 g/mol. The van der Waals surface area contributed by atoms with Crippen molar-refractivity contribution in [3.63, 3.8) is 0 Å². The molecule has 0 radical (unpaired) electrons. The summed E-state index contributed by atoms with van der Waals surface area (Å²) < 4.78 is 13.2. The van der Waals surface area contributed by atoms with E-state index in [0.717, 1.165) is 17.9 Å². The van der Waals surface area contributed by atoms with Gasteiger partial charge in [-0.15, -0.1) is 0 Å². The highest BCUT2D eigenvalue weighted by Gasteiger charge is 2.26. The lowest BCUT2D eigenvalue weighted by Crippen LogP contribution is -2.43. The summed E-state index contributed by atoms with van der Waals surface area (Å²) in [6, 6.07) is 5.19. The Hall–Kier alpha value is -0.640. The van der Waals surface area contributed by atoms with Crippen LogP contribution in [0.5, 0.6) is 0 Å². The second-order valence-electron chi connectivity index (χ2n) is 6.30. The minimum Gasteiger partial charge on any atom is -0.271 e. The molecule has 4 heteroatoms. The van der Waals surface area contributed by atoms with Crippen LogP contribution in [-0.2, 0) is 6.42 Å². The third-order valence-corrected chi connectivity index (χ3v) is 5.10. The van der Waals surface area contributed by atoms with Gasteiger partial charge >= 0.3 is 0 Å². The van der Waals surface area contributed by atoms with E-state index in [1.54, 1.807) is 12.1 Å². The summed E-state index contributed by atoms with van der Waals surface area (Å²) >= 11 is 5.85. The zero-order valence-electron chi connectivity index (χ0n) is 12.7. The molecule has 0 spiro atoms. The highest BCUT2D eigenvalue weighted by atomic mass is 35.5. The van der Waals surface area contributed by atoms with E-state index in [9.17, 15) is 4.39 Å². The van der Waals surface area contributed by atoms with Gasteiger partial charge in [0.1, 0.15) is 5.82 Å². The summed E-state index contributed by atoms with van der Waals surface area (Å²) in [5, 5.41) is 0.190. The van der Waals surface area contributed by atoms with Gasteiger partial charge in [-0.3, -0.25) is 11.3 Å². The third kappa shape index (κ3) is 4.67. The average molecular weight is 313 g/mol. The molecule has 0 amide bonds. The summed E-state index contributed by atoms with van der Waals surface area (Å²) in [5.41, 5.74) is 4.01. The Morgan fingerprint density at radius 2 is 2.05 bits per heavy atom. The van der Waals surface area contributed by atoms with Gasteiger partial charge in [0.15, 0.2) is 0 Å². The summed E-state index contributed by atoms with van der Waals surface area (Å²) in [6.07, 6.45) is 8.51. The lowest BCUT2D eigenvalue weighted by molar-refractivity contribution is 0.213. The van der Waals surface area contributed by atoms with E-state index < -0.39 is 0 Å². The highest BCUT2D eigenvalue weighted by molar-refractivity contribution is 6.30. The minimum atomic E-state index is -0.363. The van der Waals surface area contributed by atoms with Gasteiger partial charge in [-0.25, -0.2) is 4.39 Å². The second kappa shape index (κ2) is 8.11. The quantitative estimate of drug-likeness (QED) is 0.601. The Bertz CT molecular complexity index is 444. The zero-order valence-corrected chi connectivity index (χ0v) is 13.5. The van der Waals surface area contributed by atoms with Crippen molar-refractivity contribution in [2.75, 3.05) is 0 Å². The van der Waals surface area contributed by atoms with Crippen LogP contribution in [0.4, 0.5) is 4.39 Å². The summed E-state index contributed by atoms with van der Waals surface area (Å²) in [7, 11) is 0. The Labute approximate surface area is 132 Å². The number of hydrazine groups is 1. The maximum Gasteiger partial charge on any atom is 0.141 e. The molecule has 1 aliphatic rings. The van der Waals surface area contributed by atoms with Gasteiger partial charge in [0, 0.05) is 6.04 Å². The van der Waals surface area contributed by atoms with Crippen molar-refractivity contribution in [1.29, 1.82) is 0 Å². The van der Waals surface area contributed by atoms with Crippen LogP contribution in [0.15, 0.2) is 18.2 Å². The number of nitrogens with two attached hydrogens (primary N) is 1. The van der Waals surface area contributed by atoms with Crippen molar-refractivity contribution in [3.8, 4) is 0 Å². The average Bonchev–Trinajstić information content (AvgIpc) is 2.50. The van der Waals surface area contributed by atoms with Crippen LogP contribution in [-0.4, -0.2) is 6.04 Å². The molecule has 0 saturated heterocycles. The van der Waals surface area contributed by atoms with Crippen LogP contribution < -0.4 is 11.3 Å². The predicted octanol–water partition coefficient (Wildman–Crippen LogP) is 4.46. The number of hydrogen-bond acceptors (Lipinski definition) is 2. The standard InChI is InChI=1S/C17H26ClFN2/c1-2-3-12-4-7-14(8-5-12)17(21-20)11-13-6-9-16(19)15(18)10-13/h6,9-10,12,14,17,21H,2-5,7-8,11,20H2,1H3. The highest BCUT2D eigenvalue weighted by Crippen LogP contribution is 2.34.